The molecule has 0 bridgehead atoms. The number of rotatable bonds is 6. The SMILES string of the molecule is C/C(=N\NC([S-])=NC1CCCCC1)c1ccccn1.C/C(=N\NC([S-])=NC1CCCCC1)c1ccccn1.[Pt+2]. The fourth-order valence-corrected chi connectivity index (χ4v) is 4.73. The third kappa shape index (κ3) is 13.1. The van der Waals surface area contributed by atoms with Crippen LogP contribution in [0.4, 0.5) is 0 Å². The fraction of sp³-hybridized carbons (Fsp3) is 0.500. The second kappa shape index (κ2) is 18.9. The number of amidine groups is 2. The maximum atomic E-state index is 5.20. The molecule has 4 rings (SSSR count). The maximum absolute atomic E-state index is 5.20. The first-order valence-corrected chi connectivity index (χ1v) is 14.3. The van der Waals surface area contributed by atoms with E-state index < -0.39 is 0 Å². The molecule has 0 amide bonds. The van der Waals surface area contributed by atoms with Gasteiger partial charge < -0.3 is 25.3 Å². The molecule has 2 aliphatic rings. The molecule has 2 aliphatic carbocycles. The minimum atomic E-state index is 0. The minimum absolute atomic E-state index is 0. The Labute approximate surface area is 258 Å². The van der Waals surface area contributed by atoms with Gasteiger partial charge in [-0.15, -0.1) is 0 Å². The van der Waals surface area contributed by atoms with Crippen LogP contribution < -0.4 is 10.9 Å². The van der Waals surface area contributed by atoms with Crippen molar-refractivity contribution in [3.8, 4) is 0 Å². The van der Waals surface area contributed by atoms with Gasteiger partial charge in [-0.25, -0.2) is 0 Å². The first kappa shape index (κ1) is 32.9. The summed E-state index contributed by atoms with van der Waals surface area (Å²) in [4.78, 5) is 17.4. The van der Waals surface area contributed by atoms with Crippen molar-refractivity contribution in [2.45, 2.75) is 90.1 Å². The van der Waals surface area contributed by atoms with Gasteiger partial charge in [-0.2, -0.15) is 10.2 Å². The van der Waals surface area contributed by atoms with Crippen LogP contribution in [0.5, 0.6) is 0 Å². The van der Waals surface area contributed by atoms with E-state index in [0.717, 1.165) is 48.5 Å². The number of nitrogens with zero attached hydrogens (tertiary/aromatic N) is 6. The van der Waals surface area contributed by atoms with Gasteiger partial charge in [0.05, 0.1) is 22.8 Å². The molecule has 8 nitrogen and oxygen atoms in total. The van der Waals surface area contributed by atoms with Gasteiger partial charge in [0.15, 0.2) is 0 Å². The molecule has 2 heterocycles. The Kier molecular flexibility index (Phi) is 16.0. The van der Waals surface area contributed by atoms with Crippen molar-refractivity contribution >= 4 is 47.0 Å². The number of hydrazone groups is 2. The Morgan fingerprint density at radius 3 is 1.38 bits per heavy atom. The van der Waals surface area contributed by atoms with Crippen LogP contribution in [0.2, 0.25) is 0 Å². The first-order valence-electron chi connectivity index (χ1n) is 13.4. The van der Waals surface area contributed by atoms with E-state index in [4.69, 9.17) is 25.3 Å². The molecule has 0 unspecified atom stereocenters. The van der Waals surface area contributed by atoms with Crippen molar-refractivity contribution in [3.63, 3.8) is 0 Å². The molecule has 0 aliphatic heterocycles. The van der Waals surface area contributed by atoms with Crippen LogP contribution in [0.25, 0.3) is 0 Å². The number of aromatic nitrogens is 2. The third-order valence-corrected chi connectivity index (χ3v) is 6.85. The van der Waals surface area contributed by atoms with E-state index in [2.05, 4.69) is 41.0 Å². The molecule has 2 fully saturated rings. The van der Waals surface area contributed by atoms with Gasteiger partial charge in [-0.05, 0) is 74.1 Å². The zero-order valence-corrected chi connectivity index (χ0v) is 26.6. The second-order valence-electron chi connectivity index (χ2n) is 9.50. The third-order valence-electron chi connectivity index (χ3n) is 6.46. The van der Waals surface area contributed by atoms with Crippen molar-refractivity contribution in [1.82, 2.24) is 20.8 Å². The van der Waals surface area contributed by atoms with E-state index in [1.54, 1.807) is 12.4 Å². The van der Waals surface area contributed by atoms with Crippen LogP contribution in [0.15, 0.2) is 69.0 Å². The molecule has 0 saturated heterocycles. The van der Waals surface area contributed by atoms with E-state index in [9.17, 15) is 0 Å². The molecule has 2 saturated carbocycles. The van der Waals surface area contributed by atoms with Gasteiger partial charge in [0, 0.05) is 24.5 Å². The van der Waals surface area contributed by atoms with E-state index in [0.29, 0.717) is 22.4 Å². The Morgan fingerprint density at radius 2 is 1.05 bits per heavy atom. The predicted octanol–water partition coefficient (Wildman–Crippen LogP) is 5.26. The van der Waals surface area contributed by atoms with Gasteiger partial charge in [0.1, 0.15) is 0 Å². The smallest absolute Gasteiger partial charge is 0.741 e. The van der Waals surface area contributed by atoms with Gasteiger partial charge in [-0.3, -0.25) is 30.8 Å². The molecule has 0 radical (unpaired) electrons. The molecule has 212 valence electrons. The van der Waals surface area contributed by atoms with Crippen molar-refractivity contribution in [2.24, 2.45) is 20.2 Å². The van der Waals surface area contributed by atoms with Gasteiger partial charge in [-0.1, -0.05) is 50.7 Å². The average Bonchev–Trinajstić information content (AvgIpc) is 2.97. The number of pyridine rings is 2. The molecular weight excluding hydrogens is 708 g/mol. The van der Waals surface area contributed by atoms with Crippen LogP contribution in [0.3, 0.4) is 0 Å². The zero-order valence-electron chi connectivity index (χ0n) is 22.7. The molecule has 39 heavy (non-hydrogen) atoms. The number of nitrogens with one attached hydrogen (secondary N) is 2. The summed E-state index contributed by atoms with van der Waals surface area (Å²) in [7, 11) is 0. The standard InChI is InChI=1S/2C14H20N4S.Pt/c2*1-11(13-9-5-6-10-15-13)17-18-14(19)16-12-7-3-2-4-8-12;/h2*5-6,9-10,12H,2-4,7-8H2,1H3,(H2,16,18,19);/q;;+2/p-2/b2*17-11+;. The summed E-state index contributed by atoms with van der Waals surface area (Å²) < 4.78 is 0. The minimum Gasteiger partial charge on any atom is -0.741 e. The Balaban J connectivity index is 0.000000267. The normalized spacial score (nSPS) is 17.9. The van der Waals surface area contributed by atoms with Crippen molar-refractivity contribution in [2.75, 3.05) is 0 Å². The second-order valence-corrected chi connectivity index (χ2v) is 10.3. The van der Waals surface area contributed by atoms with E-state index >= 15 is 0 Å². The van der Waals surface area contributed by atoms with Gasteiger partial charge in [0.2, 0.25) is 0 Å². The van der Waals surface area contributed by atoms with Gasteiger partial charge >= 0.3 is 21.1 Å². The van der Waals surface area contributed by atoms with Crippen LogP contribution in [-0.4, -0.2) is 43.8 Å². The molecule has 0 spiro atoms. The Morgan fingerprint density at radius 1 is 0.667 bits per heavy atom. The summed E-state index contributed by atoms with van der Waals surface area (Å²) in [5.41, 5.74) is 8.98. The molecular formula is C28H38N8PtS2. The molecule has 11 heteroatoms. The summed E-state index contributed by atoms with van der Waals surface area (Å²) in [5.74, 6) is 0. The summed E-state index contributed by atoms with van der Waals surface area (Å²) in [5, 5.41) is 9.41. The Hall–Kier alpha value is -2.29. The van der Waals surface area contributed by atoms with Crippen molar-refractivity contribution in [3.05, 3.63) is 60.2 Å². The van der Waals surface area contributed by atoms with Gasteiger partial charge in [0.25, 0.3) is 0 Å². The summed E-state index contributed by atoms with van der Waals surface area (Å²) in [6.07, 6.45) is 15.7. The van der Waals surface area contributed by atoms with E-state index in [1.165, 1.54) is 38.5 Å². The molecule has 2 aromatic heterocycles. The summed E-state index contributed by atoms with van der Waals surface area (Å²) >= 11 is 10.4. The van der Waals surface area contributed by atoms with Crippen molar-refractivity contribution < 1.29 is 21.1 Å². The fourth-order valence-electron chi connectivity index (χ4n) is 4.34. The van der Waals surface area contributed by atoms with Crippen LogP contribution in [0.1, 0.15) is 89.4 Å². The van der Waals surface area contributed by atoms with Crippen LogP contribution in [0, 0.1) is 0 Å². The number of aliphatic imine (C=N–C) groups is 2. The first-order chi connectivity index (χ1) is 18.5. The summed E-state index contributed by atoms with van der Waals surface area (Å²) in [6, 6.07) is 12.2. The topological polar surface area (TPSA) is 99.3 Å². The molecule has 2 N–H and O–H groups in total. The number of hydrogen-bond donors (Lipinski definition) is 2. The van der Waals surface area contributed by atoms with E-state index in [-0.39, 0.29) is 21.1 Å². The Bertz CT molecular complexity index is 994. The maximum Gasteiger partial charge on any atom is 2.00 e. The predicted molar refractivity (Wildman–Crippen MR) is 163 cm³/mol. The van der Waals surface area contributed by atoms with Crippen LogP contribution in [-0.2, 0) is 46.3 Å². The average molecular weight is 746 g/mol. The monoisotopic (exact) mass is 745 g/mol. The van der Waals surface area contributed by atoms with E-state index in [1.807, 2.05) is 50.2 Å². The van der Waals surface area contributed by atoms with Crippen LogP contribution >= 0.6 is 0 Å². The number of hydrogen-bond acceptors (Lipinski definition) is 8. The molecule has 0 atom stereocenters. The largest absolute Gasteiger partial charge is 2.00 e. The zero-order chi connectivity index (χ0) is 27.0. The molecule has 0 aromatic carbocycles. The molecule has 2 aromatic rings. The summed E-state index contributed by atoms with van der Waals surface area (Å²) in [6.45, 7) is 3.80. The quantitative estimate of drug-likeness (QED) is 0.181. The van der Waals surface area contributed by atoms with Crippen molar-refractivity contribution in [1.29, 1.82) is 0 Å².